The maximum absolute atomic E-state index is 13.1. The minimum absolute atomic E-state index is 0.245. The van der Waals surface area contributed by atoms with Crippen molar-refractivity contribution in [3.05, 3.63) is 77.9 Å². The summed E-state index contributed by atoms with van der Waals surface area (Å²) < 4.78 is 13.1. The van der Waals surface area contributed by atoms with Crippen LogP contribution in [0.3, 0.4) is 0 Å². The lowest BCUT2D eigenvalue weighted by atomic mass is 10.1. The molecule has 0 aliphatic carbocycles. The fourth-order valence-electron chi connectivity index (χ4n) is 3.39. The van der Waals surface area contributed by atoms with Gasteiger partial charge in [-0.25, -0.2) is 14.4 Å². The number of halogens is 1. The molecule has 0 saturated carbocycles. The summed E-state index contributed by atoms with van der Waals surface area (Å²) in [6.45, 7) is 1.84. The molecule has 30 heavy (non-hydrogen) atoms. The Morgan fingerprint density at radius 3 is 2.40 bits per heavy atom. The van der Waals surface area contributed by atoms with E-state index in [0.717, 1.165) is 47.2 Å². The second-order valence-corrected chi connectivity index (χ2v) is 7.62. The van der Waals surface area contributed by atoms with Gasteiger partial charge in [0.1, 0.15) is 11.6 Å². The van der Waals surface area contributed by atoms with E-state index >= 15 is 0 Å². The molecule has 5 heteroatoms. The van der Waals surface area contributed by atoms with Crippen molar-refractivity contribution in [3.8, 4) is 0 Å². The molecule has 0 atom stereocenters. The van der Waals surface area contributed by atoms with E-state index in [1.807, 2.05) is 24.3 Å². The number of anilines is 1. The number of benzene rings is 3. The molecular weight excluding hydrogens is 375 g/mol. The molecule has 1 heterocycles. The zero-order chi connectivity index (χ0) is 20.9. The van der Waals surface area contributed by atoms with Crippen molar-refractivity contribution < 1.29 is 4.39 Å². The van der Waals surface area contributed by atoms with Crippen molar-refractivity contribution in [2.75, 3.05) is 32.5 Å². The van der Waals surface area contributed by atoms with E-state index < -0.39 is 0 Å². The SMILES string of the molecule is CN(C)CCCNc1nc(C=Cc2ccc(F)cc2)nc2cc3ccccc3cc12. The molecule has 3 aromatic carbocycles. The second kappa shape index (κ2) is 9.01. The van der Waals surface area contributed by atoms with Crippen LogP contribution in [0.4, 0.5) is 10.2 Å². The monoisotopic (exact) mass is 400 g/mol. The Labute approximate surface area is 176 Å². The van der Waals surface area contributed by atoms with Gasteiger partial charge < -0.3 is 10.2 Å². The number of rotatable bonds is 7. The molecule has 4 nitrogen and oxygen atoms in total. The molecular formula is C25H25FN4. The van der Waals surface area contributed by atoms with Crippen LogP contribution in [-0.4, -0.2) is 42.1 Å². The highest BCUT2D eigenvalue weighted by Gasteiger charge is 2.08. The van der Waals surface area contributed by atoms with Gasteiger partial charge in [0, 0.05) is 11.9 Å². The summed E-state index contributed by atoms with van der Waals surface area (Å²) in [6, 6.07) is 18.9. The molecule has 0 amide bonds. The van der Waals surface area contributed by atoms with E-state index in [9.17, 15) is 4.39 Å². The average Bonchev–Trinajstić information content (AvgIpc) is 2.74. The minimum atomic E-state index is -0.245. The van der Waals surface area contributed by atoms with E-state index in [1.54, 1.807) is 12.1 Å². The Morgan fingerprint density at radius 2 is 1.67 bits per heavy atom. The van der Waals surface area contributed by atoms with Crippen molar-refractivity contribution in [2.24, 2.45) is 0 Å². The highest BCUT2D eigenvalue weighted by molar-refractivity contribution is 6.01. The van der Waals surface area contributed by atoms with E-state index in [-0.39, 0.29) is 5.82 Å². The quantitative estimate of drug-likeness (QED) is 0.331. The first-order valence-electron chi connectivity index (χ1n) is 10.1. The molecule has 0 spiro atoms. The summed E-state index contributed by atoms with van der Waals surface area (Å²) in [5.74, 6) is 1.21. The minimum Gasteiger partial charge on any atom is -0.369 e. The number of hydrogen-bond acceptors (Lipinski definition) is 4. The van der Waals surface area contributed by atoms with Gasteiger partial charge in [0.25, 0.3) is 0 Å². The average molecular weight is 401 g/mol. The van der Waals surface area contributed by atoms with Crippen LogP contribution in [0.2, 0.25) is 0 Å². The van der Waals surface area contributed by atoms with Gasteiger partial charge in [-0.2, -0.15) is 0 Å². The number of nitrogens with zero attached hydrogens (tertiary/aromatic N) is 3. The zero-order valence-corrected chi connectivity index (χ0v) is 17.3. The lowest BCUT2D eigenvalue weighted by Gasteiger charge is -2.13. The number of aromatic nitrogens is 2. The van der Waals surface area contributed by atoms with Crippen LogP contribution in [-0.2, 0) is 0 Å². The van der Waals surface area contributed by atoms with Crippen molar-refractivity contribution >= 4 is 39.6 Å². The molecule has 0 unspecified atom stereocenters. The smallest absolute Gasteiger partial charge is 0.154 e. The van der Waals surface area contributed by atoms with Gasteiger partial charge in [-0.15, -0.1) is 0 Å². The summed E-state index contributed by atoms with van der Waals surface area (Å²) in [4.78, 5) is 11.7. The molecule has 152 valence electrons. The molecule has 0 radical (unpaired) electrons. The molecule has 0 fully saturated rings. The highest BCUT2D eigenvalue weighted by Crippen LogP contribution is 2.27. The molecule has 0 aliphatic rings. The molecule has 0 aliphatic heterocycles. The van der Waals surface area contributed by atoms with E-state index in [0.29, 0.717) is 5.82 Å². The summed E-state index contributed by atoms with van der Waals surface area (Å²) in [5, 5.41) is 6.82. The summed E-state index contributed by atoms with van der Waals surface area (Å²) in [5.41, 5.74) is 1.80. The Morgan fingerprint density at radius 1 is 0.933 bits per heavy atom. The van der Waals surface area contributed by atoms with Crippen molar-refractivity contribution in [2.45, 2.75) is 6.42 Å². The molecule has 0 bridgehead atoms. The van der Waals surface area contributed by atoms with E-state index in [2.05, 4.69) is 48.6 Å². The summed E-state index contributed by atoms with van der Waals surface area (Å²) in [6.07, 6.45) is 4.79. The van der Waals surface area contributed by atoms with Crippen LogP contribution >= 0.6 is 0 Å². The van der Waals surface area contributed by atoms with Crippen LogP contribution in [0, 0.1) is 5.82 Å². The van der Waals surface area contributed by atoms with Crippen LogP contribution in [0.5, 0.6) is 0 Å². The Balaban J connectivity index is 1.70. The van der Waals surface area contributed by atoms with Crippen molar-refractivity contribution in [3.63, 3.8) is 0 Å². The van der Waals surface area contributed by atoms with Gasteiger partial charge in [0.05, 0.1) is 5.52 Å². The van der Waals surface area contributed by atoms with Gasteiger partial charge in [0.2, 0.25) is 0 Å². The third-order valence-corrected chi connectivity index (χ3v) is 4.95. The summed E-state index contributed by atoms with van der Waals surface area (Å²) in [7, 11) is 4.15. The molecule has 4 rings (SSSR count). The van der Waals surface area contributed by atoms with Crippen LogP contribution in [0.15, 0.2) is 60.7 Å². The van der Waals surface area contributed by atoms with Crippen LogP contribution in [0.25, 0.3) is 33.8 Å². The number of nitrogens with one attached hydrogen (secondary N) is 1. The topological polar surface area (TPSA) is 41.0 Å². The van der Waals surface area contributed by atoms with Crippen LogP contribution < -0.4 is 5.32 Å². The molecule has 1 aromatic heterocycles. The molecule has 0 saturated heterocycles. The Hall–Kier alpha value is -3.31. The fraction of sp³-hybridized carbons (Fsp3) is 0.200. The predicted octanol–water partition coefficient (Wildman–Crippen LogP) is 5.46. The van der Waals surface area contributed by atoms with Gasteiger partial charge in [-0.05, 0) is 73.7 Å². The maximum Gasteiger partial charge on any atom is 0.154 e. The van der Waals surface area contributed by atoms with Gasteiger partial charge >= 0.3 is 0 Å². The summed E-state index contributed by atoms with van der Waals surface area (Å²) >= 11 is 0. The Kier molecular flexibility index (Phi) is 6.00. The first kappa shape index (κ1) is 20.0. The van der Waals surface area contributed by atoms with Gasteiger partial charge in [-0.1, -0.05) is 42.5 Å². The van der Waals surface area contributed by atoms with Gasteiger partial charge in [0.15, 0.2) is 5.82 Å². The normalized spacial score (nSPS) is 11.7. The maximum atomic E-state index is 13.1. The third kappa shape index (κ3) is 4.81. The van der Waals surface area contributed by atoms with Crippen LogP contribution in [0.1, 0.15) is 17.8 Å². The van der Waals surface area contributed by atoms with E-state index in [1.165, 1.54) is 17.5 Å². The number of fused-ring (bicyclic) bond motifs is 2. The fourth-order valence-corrected chi connectivity index (χ4v) is 3.39. The zero-order valence-electron chi connectivity index (χ0n) is 17.3. The molecule has 4 aromatic rings. The molecule has 1 N–H and O–H groups in total. The van der Waals surface area contributed by atoms with E-state index in [4.69, 9.17) is 9.97 Å². The van der Waals surface area contributed by atoms with Gasteiger partial charge in [-0.3, -0.25) is 0 Å². The number of hydrogen-bond donors (Lipinski definition) is 1. The van der Waals surface area contributed by atoms with Crippen molar-refractivity contribution in [1.82, 2.24) is 14.9 Å². The van der Waals surface area contributed by atoms with Crippen molar-refractivity contribution in [1.29, 1.82) is 0 Å². The Bertz CT molecular complexity index is 1180. The second-order valence-electron chi connectivity index (χ2n) is 7.62. The largest absolute Gasteiger partial charge is 0.369 e. The standard InChI is InChI=1S/C25H25FN4/c1-30(2)15-5-14-27-25-22-16-19-6-3-4-7-20(19)17-23(22)28-24(29-25)13-10-18-8-11-21(26)12-9-18/h3-4,6-13,16-17H,5,14-15H2,1-2H3,(H,27,28,29). The third-order valence-electron chi connectivity index (χ3n) is 4.95. The first-order valence-corrected chi connectivity index (χ1v) is 10.1. The lowest BCUT2D eigenvalue weighted by molar-refractivity contribution is 0.405. The lowest BCUT2D eigenvalue weighted by Crippen LogP contribution is -2.17. The predicted molar refractivity (Wildman–Crippen MR) is 124 cm³/mol. The first-order chi connectivity index (χ1) is 14.6. The highest BCUT2D eigenvalue weighted by atomic mass is 19.1.